The van der Waals surface area contributed by atoms with Crippen LogP contribution >= 0.6 is 11.8 Å². The molecule has 0 aliphatic carbocycles. The number of allylic oxidation sites excluding steroid dienone is 1. The van der Waals surface area contributed by atoms with Crippen molar-refractivity contribution in [2.75, 3.05) is 33.2 Å². The third-order valence-corrected chi connectivity index (χ3v) is 6.64. The number of hydrogen-bond donors (Lipinski definition) is 0. The van der Waals surface area contributed by atoms with Crippen LogP contribution in [-0.4, -0.2) is 55.1 Å². The van der Waals surface area contributed by atoms with E-state index in [1.54, 1.807) is 31.1 Å². The number of hydrogen-bond acceptors (Lipinski definition) is 8. The largest absolute Gasteiger partial charge is 0.493 e. The zero-order valence-electron chi connectivity index (χ0n) is 20.0. The van der Waals surface area contributed by atoms with Crippen LogP contribution in [-0.2, 0) is 25.7 Å². The molecule has 0 saturated carbocycles. The fourth-order valence-electron chi connectivity index (χ4n) is 3.98. The summed E-state index contributed by atoms with van der Waals surface area (Å²) in [5, 5.41) is 0.584. The first kappa shape index (κ1) is 24.8. The quantitative estimate of drug-likeness (QED) is 0.381. The van der Waals surface area contributed by atoms with Crippen molar-refractivity contribution in [3.8, 4) is 11.5 Å². The smallest absolute Gasteiger partial charge is 0.338 e. The van der Waals surface area contributed by atoms with Gasteiger partial charge in [-0.05, 0) is 30.2 Å². The number of rotatable bonds is 9. The normalized spacial score (nSPS) is 17.6. The van der Waals surface area contributed by atoms with Gasteiger partial charge in [0.1, 0.15) is 13.2 Å². The van der Waals surface area contributed by atoms with Crippen LogP contribution < -0.4 is 9.47 Å². The Morgan fingerprint density at radius 3 is 2.66 bits per heavy atom. The van der Waals surface area contributed by atoms with Crippen molar-refractivity contribution >= 4 is 28.8 Å². The van der Waals surface area contributed by atoms with Crippen LogP contribution in [0.4, 0.5) is 0 Å². The Bertz CT molecular complexity index is 1150. The van der Waals surface area contributed by atoms with Crippen molar-refractivity contribution in [2.45, 2.75) is 26.0 Å². The Morgan fingerprint density at radius 2 is 1.91 bits per heavy atom. The Balaban J connectivity index is 1.68. The molecule has 9 heteroatoms. The summed E-state index contributed by atoms with van der Waals surface area (Å²) in [6.45, 7) is 2.53. The first-order valence-corrected chi connectivity index (χ1v) is 12.3. The monoisotopic (exact) mass is 496 g/mol. The van der Waals surface area contributed by atoms with Crippen LogP contribution in [0.5, 0.6) is 11.5 Å². The summed E-state index contributed by atoms with van der Waals surface area (Å²) in [4.78, 5) is 32.3. The SMILES string of the molecule is COCCOC(=O)C1=C(C)N=C2SCCC(=O)N2C1c1ccc(OCc2ccccc2)c(OC)c1. The molecule has 1 saturated heterocycles. The predicted octanol–water partition coefficient (Wildman–Crippen LogP) is 4.11. The number of benzene rings is 2. The number of ether oxygens (including phenoxy) is 4. The Hall–Kier alpha value is -3.30. The average Bonchev–Trinajstić information content (AvgIpc) is 2.87. The van der Waals surface area contributed by atoms with Gasteiger partial charge in [0.2, 0.25) is 5.91 Å². The molecule has 2 heterocycles. The molecule has 0 N–H and O–H groups in total. The molecule has 184 valence electrons. The van der Waals surface area contributed by atoms with E-state index in [-0.39, 0.29) is 19.1 Å². The summed E-state index contributed by atoms with van der Waals surface area (Å²) in [7, 11) is 3.10. The number of thioether (sulfide) groups is 1. The van der Waals surface area contributed by atoms with Gasteiger partial charge >= 0.3 is 5.97 Å². The minimum Gasteiger partial charge on any atom is -0.493 e. The summed E-state index contributed by atoms with van der Waals surface area (Å²) in [5.74, 6) is 1.10. The highest BCUT2D eigenvalue weighted by Crippen LogP contribution is 2.42. The first-order chi connectivity index (χ1) is 17.0. The fourth-order valence-corrected chi connectivity index (χ4v) is 4.98. The maximum Gasteiger partial charge on any atom is 0.338 e. The summed E-state index contributed by atoms with van der Waals surface area (Å²) in [6.07, 6.45) is 0.362. The van der Waals surface area contributed by atoms with E-state index < -0.39 is 12.0 Å². The highest BCUT2D eigenvalue weighted by atomic mass is 32.2. The maximum absolute atomic E-state index is 13.1. The fraction of sp³-hybridized carbons (Fsp3) is 0.346. The summed E-state index contributed by atoms with van der Waals surface area (Å²) >= 11 is 1.50. The number of aliphatic imine (C=N–C) groups is 1. The highest BCUT2D eigenvalue weighted by Gasteiger charge is 2.42. The summed E-state index contributed by atoms with van der Waals surface area (Å²) in [5.41, 5.74) is 2.58. The third kappa shape index (κ3) is 5.52. The van der Waals surface area contributed by atoms with E-state index in [0.717, 1.165) is 5.56 Å². The Labute approximate surface area is 208 Å². The maximum atomic E-state index is 13.1. The number of fused-ring (bicyclic) bond motifs is 1. The molecule has 1 amide bonds. The molecule has 0 spiro atoms. The lowest BCUT2D eigenvalue weighted by atomic mass is 9.94. The van der Waals surface area contributed by atoms with Gasteiger partial charge in [0.05, 0.1) is 31.0 Å². The average molecular weight is 497 g/mol. The van der Waals surface area contributed by atoms with Crippen molar-refractivity contribution in [3.05, 3.63) is 70.9 Å². The first-order valence-electron chi connectivity index (χ1n) is 11.3. The number of carbonyl (C=O) groups excluding carboxylic acids is 2. The molecule has 2 aliphatic heterocycles. The molecule has 1 unspecified atom stereocenters. The van der Waals surface area contributed by atoms with Crippen LogP contribution in [0.1, 0.15) is 30.5 Å². The van der Waals surface area contributed by atoms with E-state index in [9.17, 15) is 9.59 Å². The van der Waals surface area contributed by atoms with E-state index in [1.165, 1.54) is 18.9 Å². The van der Waals surface area contributed by atoms with E-state index in [0.29, 0.717) is 52.3 Å². The van der Waals surface area contributed by atoms with Crippen LogP contribution in [0.25, 0.3) is 0 Å². The van der Waals surface area contributed by atoms with Crippen molar-refractivity contribution in [3.63, 3.8) is 0 Å². The molecule has 0 bridgehead atoms. The lowest BCUT2D eigenvalue weighted by molar-refractivity contribution is -0.141. The zero-order chi connectivity index (χ0) is 24.8. The summed E-state index contributed by atoms with van der Waals surface area (Å²) in [6, 6.07) is 14.6. The van der Waals surface area contributed by atoms with Gasteiger partial charge in [-0.2, -0.15) is 0 Å². The van der Waals surface area contributed by atoms with Crippen LogP contribution in [0, 0.1) is 0 Å². The molecule has 2 aromatic rings. The number of amidine groups is 1. The molecule has 0 aromatic heterocycles. The van der Waals surface area contributed by atoms with Crippen molar-refractivity contribution in [1.82, 2.24) is 4.90 Å². The van der Waals surface area contributed by atoms with Gasteiger partial charge in [0.25, 0.3) is 0 Å². The number of nitrogens with zero attached hydrogens (tertiary/aromatic N) is 2. The van der Waals surface area contributed by atoms with Gasteiger partial charge in [0.15, 0.2) is 16.7 Å². The number of esters is 1. The van der Waals surface area contributed by atoms with Gasteiger partial charge in [-0.15, -0.1) is 0 Å². The van der Waals surface area contributed by atoms with Gasteiger partial charge in [-0.3, -0.25) is 9.69 Å². The van der Waals surface area contributed by atoms with Gasteiger partial charge in [0, 0.05) is 19.3 Å². The van der Waals surface area contributed by atoms with Crippen molar-refractivity contribution < 1.29 is 28.5 Å². The van der Waals surface area contributed by atoms with E-state index in [1.807, 2.05) is 36.4 Å². The molecule has 2 aromatic carbocycles. The van der Waals surface area contributed by atoms with Gasteiger partial charge < -0.3 is 18.9 Å². The van der Waals surface area contributed by atoms with Crippen molar-refractivity contribution in [1.29, 1.82) is 0 Å². The molecule has 1 fully saturated rings. The molecular weight excluding hydrogens is 468 g/mol. The predicted molar refractivity (Wildman–Crippen MR) is 133 cm³/mol. The molecule has 8 nitrogen and oxygen atoms in total. The lowest BCUT2D eigenvalue weighted by Gasteiger charge is -2.39. The molecule has 35 heavy (non-hydrogen) atoms. The number of carbonyl (C=O) groups is 2. The Morgan fingerprint density at radius 1 is 1.11 bits per heavy atom. The van der Waals surface area contributed by atoms with E-state index in [4.69, 9.17) is 18.9 Å². The second kappa shape index (κ2) is 11.4. The second-order valence-corrected chi connectivity index (χ2v) is 9.03. The third-order valence-electron chi connectivity index (χ3n) is 5.69. The molecule has 4 rings (SSSR count). The lowest BCUT2D eigenvalue weighted by Crippen LogP contribution is -2.45. The van der Waals surface area contributed by atoms with E-state index in [2.05, 4.69) is 4.99 Å². The molecule has 1 atom stereocenters. The molecular formula is C26H28N2O6S. The van der Waals surface area contributed by atoms with Crippen LogP contribution in [0.15, 0.2) is 64.8 Å². The zero-order valence-corrected chi connectivity index (χ0v) is 20.8. The Kier molecular flexibility index (Phi) is 8.09. The van der Waals surface area contributed by atoms with Crippen LogP contribution in [0.2, 0.25) is 0 Å². The summed E-state index contributed by atoms with van der Waals surface area (Å²) < 4.78 is 22.0. The van der Waals surface area contributed by atoms with E-state index >= 15 is 0 Å². The number of methoxy groups -OCH3 is 2. The molecule has 0 radical (unpaired) electrons. The van der Waals surface area contributed by atoms with Crippen molar-refractivity contribution in [2.24, 2.45) is 4.99 Å². The topological polar surface area (TPSA) is 86.7 Å². The van der Waals surface area contributed by atoms with Gasteiger partial charge in [-0.25, -0.2) is 9.79 Å². The standard InChI is InChI=1S/C26H28N2O6S/c1-17-23(25(30)33-13-12-31-2)24(28-22(29)11-14-35-26(28)27-17)19-9-10-20(21(15-19)32-3)34-16-18-7-5-4-6-8-18/h4-10,15,24H,11-14,16H2,1-3H3. The minimum absolute atomic E-state index is 0.0921. The second-order valence-electron chi connectivity index (χ2n) is 7.97. The number of amides is 1. The highest BCUT2D eigenvalue weighted by molar-refractivity contribution is 8.14. The van der Waals surface area contributed by atoms with Gasteiger partial charge in [-0.1, -0.05) is 48.2 Å². The minimum atomic E-state index is -0.685. The van der Waals surface area contributed by atoms with Crippen LogP contribution in [0.3, 0.4) is 0 Å². The molecule has 2 aliphatic rings.